The van der Waals surface area contributed by atoms with Crippen LogP contribution in [0.2, 0.25) is 0 Å². The second-order valence-electron chi connectivity index (χ2n) is 8.36. The normalized spacial score (nSPS) is 11.5. The van der Waals surface area contributed by atoms with Gasteiger partial charge in [0.25, 0.3) is 0 Å². The van der Waals surface area contributed by atoms with Crippen molar-refractivity contribution < 1.29 is 38.1 Å². The molecular formula is C28H30N8O8. The molecule has 16 heteroatoms. The predicted molar refractivity (Wildman–Crippen MR) is 155 cm³/mol. The monoisotopic (exact) mass is 606 g/mol. The van der Waals surface area contributed by atoms with E-state index in [2.05, 4.69) is 60.6 Å². The Hall–Kier alpha value is -5.74. The SMILES string of the molecule is COC(=O)C(NNC(=Nc1ccc(N=C(NNC(C(=O)OC)C(=O)OC)c2ccccn2)cc1)c1ccccn1)C(=O)OC. The zero-order chi connectivity index (χ0) is 31.9. The molecule has 4 N–H and O–H groups in total. The average molecular weight is 607 g/mol. The average Bonchev–Trinajstić information content (AvgIpc) is 3.08. The van der Waals surface area contributed by atoms with Gasteiger partial charge in [-0.1, -0.05) is 12.1 Å². The molecule has 0 radical (unpaired) electrons. The summed E-state index contributed by atoms with van der Waals surface area (Å²) in [4.78, 5) is 65.9. The van der Waals surface area contributed by atoms with Crippen molar-refractivity contribution in [3.05, 3.63) is 84.4 Å². The lowest BCUT2D eigenvalue weighted by Gasteiger charge is -2.17. The number of rotatable bonds is 12. The van der Waals surface area contributed by atoms with E-state index < -0.39 is 36.0 Å². The summed E-state index contributed by atoms with van der Waals surface area (Å²) in [5.41, 5.74) is 12.3. The Morgan fingerprint density at radius 1 is 0.568 bits per heavy atom. The molecule has 0 spiro atoms. The van der Waals surface area contributed by atoms with E-state index in [-0.39, 0.29) is 11.7 Å². The van der Waals surface area contributed by atoms with Gasteiger partial charge in [-0.25, -0.2) is 40.0 Å². The molecule has 2 aromatic heterocycles. The fraction of sp³-hybridized carbons (Fsp3) is 0.214. The van der Waals surface area contributed by atoms with Crippen LogP contribution in [-0.4, -0.2) is 86.0 Å². The molecule has 0 fully saturated rings. The molecule has 3 rings (SSSR count). The summed E-state index contributed by atoms with van der Waals surface area (Å²) in [5.74, 6) is -3.13. The van der Waals surface area contributed by atoms with Gasteiger partial charge in [-0.3, -0.25) is 9.97 Å². The molecule has 1 aromatic carbocycles. The van der Waals surface area contributed by atoms with Gasteiger partial charge < -0.3 is 29.8 Å². The van der Waals surface area contributed by atoms with Crippen molar-refractivity contribution >= 4 is 46.9 Å². The highest BCUT2D eigenvalue weighted by Gasteiger charge is 2.30. The molecule has 0 aliphatic rings. The third-order valence-corrected chi connectivity index (χ3v) is 5.56. The van der Waals surface area contributed by atoms with Gasteiger partial charge in [0, 0.05) is 12.4 Å². The maximum atomic E-state index is 12.1. The minimum Gasteiger partial charge on any atom is -0.467 e. The summed E-state index contributed by atoms with van der Waals surface area (Å²) >= 11 is 0. The number of nitrogens with one attached hydrogen (secondary N) is 4. The van der Waals surface area contributed by atoms with Gasteiger partial charge >= 0.3 is 23.9 Å². The highest BCUT2D eigenvalue weighted by molar-refractivity contribution is 6.02. The number of amidine groups is 2. The molecular weight excluding hydrogens is 576 g/mol. The first-order chi connectivity index (χ1) is 21.3. The minimum atomic E-state index is -1.47. The molecule has 3 aromatic rings. The molecule has 0 atom stereocenters. The fourth-order valence-corrected chi connectivity index (χ4v) is 3.34. The highest BCUT2D eigenvalue weighted by Crippen LogP contribution is 2.20. The molecule has 0 amide bonds. The molecule has 0 saturated carbocycles. The number of carbonyl (C=O) groups excluding carboxylic acids is 4. The number of hydrazine groups is 2. The van der Waals surface area contributed by atoms with Crippen molar-refractivity contribution in [3.63, 3.8) is 0 Å². The standard InChI is InChI=1S/C28H30N8O8/c1-41-25(37)21(26(38)42-2)33-35-23(19-9-5-7-15-29-19)31-17-11-13-18(14-12-17)32-24(20-10-6-8-16-30-20)36-34-22(27(39)43-3)28(40)44-4/h5-16,21-22,33-34H,1-4H3,(H,31,35)(H,32,36). The van der Waals surface area contributed by atoms with Crippen molar-refractivity contribution in [1.29, 1.82) is 0 Å². The van der Waals surface area contributed by atoms with E-state index in [1.807, 2.05) is 0 Å². The molecule has 0 aliphatic heterocycles. The molecule has 0 saturated heterocycles. The summed E-state index contributed by atoms with van der Waals surface area (Å²) < 4.78 is 18.7. The van der Waals surface area contributed by atoms with Crippen LogP contribution in [0.4, 0.5) is 11.4 Å². The van der Waals surface area contributed by atoms with Crippen molar-refractivity contribution in [1.82, 2.24) is 31.7 Å². The molecule has 0 unspecified atom stereocenters. The number of aromatic nitrogens is 2. The molecule has 16 nitrogen and oxygen atoms in total. The molecule has 0 bridgehead atoms. The number of nitrogens with zero attached hydrogens (tertiary/aromatic N) is 4. The Labute approximate surface area is 251 Å². The zero-order valence-corrected chi connectivity index (χ0v) is 24.1. The third-order valence-electron chi connectivity index (χ3n) is 5.56. The quantitative estimate of drug-likeness (QED) is 0.0545. The lowest BCUT2D eigenvalue weighted by Crippen LogP contribution is -2.53. The van der Waals surface area contributed by atoms with Crippen LogP contribution in [0.5, 0.6) is 0 Å². The second-order valence-corrected chi connectivity index (χ2v) is 8.36. The van der Waals surface area contributed by atoms with Gasteiger partial charge in [-0.15, -0.1) is 0 Å². The number of aliphatic imine (C=N–C) groups is 2. The maximum Gasteiger partial charge on any atom is 0.336 e. The van der Waals surface area contributed by atoms with E-state index in [9.17, 15) is 19.2 Å². The van der Waals surface area contributed by atoms with Gasteiger partial charge in [0.05, 0.1) is 39.8 Å². The molecule has 0 aliphatic carbocycles. The van der Waals surface area contributed by atoms with E-state index in [4.69, 9.17) is 0 Å². The lowest BCUT2D eigenvalue weighted by atomic mass is 10.2. The van der Waals surface area contributed by atoms with Gasteiger partial charge in [0.2, 0.25) is 12.1 Å². The van der Waals surface area contributed by atoms with Gasteiger partial charge in [0.15, 0.2) is 11.7 Å². The summed E-state index contributed by atoms with van der Waals surface area (Å²) in [7, 11) is 4.55. The highest BCUT2D eigenvalue weighted by atomic mass is 16.6. The van der Waals surface area contributed by atoms with E-state index in [0.717, 1.165) is 28.4 Å². The van der Waals surface area contributed by atoms with Crippen LogP contribution >= 0.6 is 0 Å². The lowest BCUT2D eigenvalue weighted by molar-refractivity contribution is -0.157. The molecule has 230 valence electrons. The Bertz CT molecular complexity index is 1340. The van der Waals surface area contributed by atoms with Crippen LogP contribution in [0.1, 0.15) is 11.4 Å². The first-order valence-corrected chi connectivity index (χ1v) is 12.8. The number of methoxy groups -OCH3 is 4. The Kier molecular flexibility index (Phi) is 12.4. The number of carbonyl (C=O) groups is 4. The van der Waals surface area contributed by atoms with Crippen LogP contribution in [0.15, 0.2) is 83.0 Å². The van der Waals surface area contributed by atoms with Crippen LogP contribution in [0.25, 0.3) is 0 Å². The van der Waals surface area contributed by atoms with Crippen molar-refractivity contribution in [2.45, 2.75) is 12.1 Å². The Balaban J connectivity index is 1.90. The van der Waals surface area contributed by atoms with Crippen molar-refractivity contribution in [2.75, 3.05) is 28.4 Å². The van der Waals surface area contributed by atoms with Crippen molar-refractivity contribution in [3.8, 4) is 0 Å². The van der Waals surface area contributed by atoms with Crippen LogP contribution in [0, 0.1) is 0 Å². The third kappa shape index (κ3) is 9.13. The van der Waals surface area contributed by atoms with Gasteiger partial charge in [0.1, 0.15) is 11.4 Å². The minimum absolute atomic E-state index is 0.177. The first kappa shape index (κ1) is 32.8. The summed E-state index contributed by atoms with van der Waals surface area (Å²) in [6, 6.07) is 13.9. The van der Waals surface area contributed by atoms with E-state index >= 15 is 0 Å². The van der Waals surface area contributed by atoms with Crippen LogP contribution in [-0.2, 0) is 38.1 Å². The number of esters is 4. The van der Waals surface area contributed by atoms with Gasteiger partial charge in [-0.05, 0) is 48.5 Å². The Morgan fingerprint density at radius 3 is 1.18 bits per heavy atom. The van der Waals surface area contributed by atoms with E-state index in [1.165, 1.54) is 0 Å². The molecule has 44 heavy (non-hydrogen) atoms. The summed E-state index contributed by atoms with van der Waals surface area (Å²) in [5, 5.41) is 0. The van der Waals surface area contributed by atoms with E-state index in [0.29, 0.717) is 22.8 Å². The van der Waals surface area contributed by atoms with E-state index in [1.54, 1.807) is 73.1 Å². The second kappa shape index (κ2) is 16.6. The topological polar surface area (TPSA) is 204 Å². The summed E-state index contributed by atoms with van der Waals surface area (Å²) in [6.45, 7) is 0. The maximum absolute atomic E-state index is 12.1. The molecule has 2 heterocycles. The number of hydrogen-bond donors (Lipinski definition) is 4. The fourth-order valence-electron chi connectivity index (χ4n) is 3.34. The smallest absolute Gasteiger partial charge is 0.336 e. The number of ether oxygens (including phenoxy) is 4. The largest absolute Gasteiger partial charge is 0.467 e. The van der Waals surface area contributed by atoms with Crippen LogP contribution in [0.3, 0.4) is 0 Å². The Morgan fingerprint density at radius 2 is 0.909 bits per heavy atom. The zero-order valence-electron chi connectivity index (χ0n) is 24.1. The first-order valence-electron chi connectivity index (χ1n) is 12.8. The number of pyridine rings is 2. The van der Waals surface area contributed by atoms with Gasteiger partial charge in [-0.2, -0.15) is 0 Å². The van der Waals surface area contributed by atoms with Crippen molar-refractivity contribution in [2.24, 2.45) is 9.98 Å². The van der Waals surface area contributed by atoms with Crippen LogP contribution < -0.4 is 21.7 Å². The predicted octanol–water partition coefficient (Wildman–Crippen LogP) is 0.251. The number of hydrogen-bond acceptors (Lipinski definition) is 14. The number of benzene rings is 1. The summed E-state index contributed by atoms with van der Waals surface area (Å²) in [6.07, 6.45) is 3.10.